The van der Waals surface area contributed by atoms with Crippen LogP contribution in [0, 0.1) is 0 Å². The minimum absolute atomic E-state index is 0.125. The minimum Gasteiger partial charge on any atom is -0.342 e. The average molecular weight is 459 g/mol. The molecule has 0 aliphatic carbocycles. The summed E-state index contributed by atoms with van der Waals surface area (Å²) in [6.45, 7) is 0. The Morgan fingerprint density at radius 2 is 1.55 bits per heavy atom. The molecular formula is C26H22N2O4S. The normalized spacial score (nSPS) is 12.1. The third-order valence-corrected chi connectivity index (χ3v) is 6.57. The number of carbonyl (C=O) groups excluding carboxylic acids is 2. The summed E-state index contributed by atoms with van der Waals surface area (Å²) in [4.78, 5) is 24.3. The van der Waals surface area contributed by atoms with Crippen LogP contribution in [0.1, 0.15) is 15.9 Å². The zero-order valence-electron chi connectivity index (χ0n) is 17.6. The maximum Gasteiger partial charge on any atom is 0.261 e. The molecule has 1 amide bonds. The topological polar surface area (TPSA) is 92.3 Å². The van der Waals surface area contributed by atoms with Gasteiger partial charge in [-0.15, -0.1) is 0 Å². The van der Waals surface area contributed by atoms with Crippen molar-refractivity contribution in [2.45, 2.75) is 17.4 Å². The molecule has 0 aliphatic heterocycles. The summed E-state index contributed by atoms with van der Waals surface area (Å²) >= 11 is 0. The first-order valence-electron chi connectivity index (χ1n) is 10.4. The lowest BCUT2D eigenvalue weighted by atomic mass is 10.1. The Bertz CT molecular complexity index is 1400. The molecule has 33 heavy (non-hydrogen) atoms. The van der Waals surface area contributed by atoms with Crippen molar-refractivity contribution >= 4 is 38.7 Å². The third kappa shape index (κ3) is 5.45. The number of hydrogen-bond acceptors (Lipinski definition) is 4. The summed E-state index contributed by atoms with van der Waals surface area (Å²) < 4.78 is 28.3. The first-order chi connectivity index (χ1) is 15.9. The third-order valence-electron chi connectivity index (χ3n) is 5.19. The van der Waals surface area contributed by atoms with Gasteiger partial charge in [0.25, 0.3) is 15.9 Å². The van der Waals surface area contributed by atoms with E-state index in [9.17, 15) is 18.0 Å². The molecular weight excluding hydrogens is 436 g/mol. The van der Waals surface area contributed by atoms with Gasteiger partial charge in [-0.1, -0.05) is 66.7 Å². The number of amides is 1. The smallest absolute Gasteiger partial charge is 0.261 e. The quantitative estimate of drug-likeness (QED) is 0.388. The maximum atomic E-state index is 12.9. The van der Waals surface area contributed by atoms with Gasteiger partial charge in [-0.25, -0.2) is 8.42 Å². The van der Waals surface area contributed by atoms with Crippen molar-refractivity contribution in [1.29, 1.82) is 0 Å². The van der Waals surface area contributed by atoms with Crippen LogP contribution in [0.25, 0.3) is 10.8 Å². The molecule has 0 aliphatic rings. The van der Waals surface area contributed by atoms with E-state index < -0.39 is 22.0 Å². The zero-order valence-corrected chi connectivity index (χ0v) is 18.5. The van der Waals surface area contributed by atoms with Crippen molar-refractivity contribution < 1.29 is 18.0 Å². The van der Waals surface area contributed by atoms with E-state index in [1.165, 1.54) is 6.07 Å². The number of nitrogens with one attached hydrogen (secondary N) is 2. The summed E-state index contributed by atoms with van der Waals surface area (Å²) in [6, 6.07) is 27.2. The number of fused-ring (bicyclic) bond motifs is 1. The van der Waals surface area contributed by atoms with E-state index in [1.807, 2.05) is 54.6 Å². The first kappa shape index (κ1) is 22.2. The zero-order chi connectivity index (χ0) is 23.3. The van der Waals surface area contributed by atoms with E-state index in [4.69, 9.17) is 0 Å². The van der Waals surface area contributed by atoms with Crippen molar-refractivity contribution in [3.63, 3.8) is 0 Å². The van der Waals surface area contributed by atoms with Crippen molar-refractivity contribution in [3.05, 3.63) is 108 Å². The number of aldehydes is 1. The average Bonchev–Trinajstić information content (AvgIpc) is 2.83. The van der Waals surface area contributed by atoms with Crippen LogP contribution in [0.4, 0.5) is 5.69 Å². The van der Waals surface area contributed by atoms with Gasteiger partial charge in [-0.05, 0) is 53.1 Å². The van der Waals surface area contributed by atoms with Crippen LogP contribution in [-0.2, 0) is 21.2 Å². The SMILES string of the molecule is O=C[C@H](Cc1ccccc1)NC(=O)c1cccc(NS(=O)(=O)c2ccc3ccccc3c2)c1. The molecule has 6 nitrogen and oxygen atoms in total. The fourth-order valence-corrected chi connectivity index (χ4v) is 4.61. The second kappa shape index (κ2) is 9.67. The molecule has 0 unspecified atom stereocenters. The molecule has 1 atom stereocenters. The molecule has 0 bridgehead atoms. The van der Waals surface area contributed by atoms with Crippen molar-refractivity contribution in [2.75, 3.05) is 4.72 Å². The standard InChI is InChI=1S/C26H22N2O4S/c29-18-24(15-19-7-2-1-3-8-19)27-26(30)22-11-6-12-23(16-22)28-33(31,32)25-14-13-20-9-4-5-10-21(20)17-25/h1-14,16-18,24,28H,15H2,(H,27,30)/t24-/m0/s1. The van der Waals surface area contributed by atoms with Gasteiger partial charge in [-0.2, -0.15) is 0 Å². The van der Waals surface area contributed by atoms with E-state index in [2.05, 4.69) is 10.0 Å². The number of anilines is 1. The van der Waals surface area contributed by atoms with Crippen molar-refractivity contribution in [3.8, 4) is 0 Å². The number of benzene rings is 4. The van der Waals surface area contributed by atoms with E-state index in [1.54, 1.807) is 36.4 Å². The molecule has 166 valence electrons. The van der Waals surface area contributed by atoms with Crippen LogP contribution < -0.4 is 10.0 Å². The van der Waals surface area contributed by atoms with Gasteiger partial charge in [0.2, 0.25) is 0 Å². The lowest BCUT2D eigenvalue weighted by molar-refractivity contribution is -0.109. The largest absolute Gasteiger partial charge is 0.342 e. The van der Waals surface area contributed by atoms with Crippen LogP contribution in [0.2, 0.25) is 0 Å². The Morgan fingerprint density at radius 3 is 2.30 bits per heavy atom. The van der Waals surface area contributed by atoms with Gasteiger partial charge in [0.1, 0.15) is 6.29 Å². The van der Waals surface area contributed by atoms with Gasteiger partial charge in [0.15, 0.2) is 0 Å². The van der Waals surface area contributed by atoms with E-state index in [0.29, 0.717) is 12.7 Å². The molecule has 4 rings (SSSR count). The Labute approximate surface area is 192 Å². The van der Waals surface area contributed by atoms with E-state index >= 15 is 0 Å². The molecule has 0 radical (unpaired) electrons. The summed E-state index contributed by atoms with van der Waals surface area (Å²) in [5, 5.41) is 4.44. The Hall–Kier alpha value is -3.97. The summed E-state index contributed by atoms with van der Waals surface area (Å²) in [5.74, 6) is -0.463. The molecule has 0 saturated heterocycles. The minimum atomic E-state index is -3.85. The second-order valence-electron chi connectivity index (χ2n) is 7.60. The highest BCUT2D eigenvalue weighted by atomic mass is 32.2. The first-order valence-corrected chi connectivity index (χ1v) is 11.8. The summed E-state index contributed by atoms with van der Waals surface area (Å²) in [6.07, 6.45) is 1.06. The fraction of sp³-hybridized carbons (Fsp3) is 0.0769. The lowest BCUT2D eigenvalue weighted by Crippen LogP contribution is -2.37. The van der Waals surface area contributed by atoms with Crippen molar-refractivity contribution in [2.24, 2.45) is 0 Å². The molecule has 0 fully saturated rings. The highest BCUT2D eigenvalue weighted by Crippen LogP contribution is 2.22. The summed E-state index contributed by atoms with van der Waals surface area (Å²) in [5.41, 5.74) is 1.42. The number of sulfonamides is 1. The van der Waals surface area contributed by atoms with E-state index in [-0.39, 0.29) is 16.1 Å². The molecule has 4 aromatic rings. The number of carbonyl (C=O) groups is 2. The molecule has 0 spiro atoms. The second-order valence-corrected chi connectivity index (χ2v) is 9.28. The monoisotopic (exact) mass is 458 g/mol. The molecule has 4 aromatic carbocycles. The van der Waals surface area contributed by atoms with Crippen molar-refractivity contribution in [1.82, 2.24) is 5.32 Å². The van der Waals surface area contributed by atoms with Gasteiger partial charge in [0, 0.05) is 11.3 Å². The Balaban J connectivity index is 1.49. The van der Waals surface area contributed by atoms with Gasteiger partial charge < -0.3 is 10.1 Å². The molecule has 0 saturated carbocycles. The van der Waals surface area contributed by atoms with E-state index in [0.717, 1.165) is 16.3 Å². The maximum absolute atomic E-state index is 12.9. The molecule has 2 N–H and O–H groups in total. The fourth-order valence-electron chi connectivity index (χ4n) is 3.53. The van der Waals surface area contributed by atoms with Gasteiger partial charge >= 0.3 is 0 Å². The molecule has 0 aromatic heterocycles. The highest BCUT2D eigenvalue weighted by molar-refractivity contribution is 7.92. The van der Waals surface area contributed by atoms with Crippen LogP contribution in [-0.4, -0.2) is 26.7 Å². The number of hydrogen-bond donors (Lipinski definition) is 2. The van der Waals surface area contributed by atoms with Crippen LogP contribution in [0.3, 0.4) is 0 Å². The molecule has 0 heterocycles. The number of rotatable bonds is 8. The predicted molar refractivity (Wildman–Crippen MR) is 129 cm³/mol. The Kier molecular flexibility index (Phi) is 6.51. The summed E-state index contributed by atoms with van der Waals surface area (Å²) in [7, 11) is -3.85. The van der Waals surface area contributed by atoms with Crippen LogP contribution in [0.15, 0.2) is 102 Å². The lowest BCUT2D eigenvalue weighted by Gasteiger charge is -2.14. The molecule has 7 heteroatoms. The Morgan fingerprint density at radius 1 is 0.818 bits per heavy atom. The highest BCUT2D eigenvalue weighted by Gasteiger charge is 2.17. The van der Waals surface area contributed by atoms with Crippen LogP contribution >= 0.6 is 0 Å². The predicted octanol–water partition coefficient (Wildman–Crippen LogP) is 4.18. The van der Waals surface area contributed by atoms with Crippen LogP contribution in [0.5, 0.6) is 0 Å². The van der Waals surface area contributed by atoms with Gasteiger partial charge in [-0.3, -0.25) is 9.52 Å². The van der Waals surface area contributed by atoms with Gasteiger partial charge in [0.05, 0.1) is 10.9 Å².